The molecule has 1 atom stereocenters. The maximum atomic E-state index is 10.7. The van der Waals surface area contributed by atoms with Crippen LogP contribution in [0.25, 0.3) is 0 Å². The van der Waals surface area contributed by atoms with Gasteiger partial charge in [-0.05, 0) is 5.56 Å². The van der Waals surface area contributed by atoms with Gasteiger partial charge >= 0.3 is 6.09 Å². The highest BCUT2D eigenvalue weighted by atomic mass is 16.5. The molecule has 1 fully saturated rings. The van der Waals surface area contributed by atoms with Crippen molar-refractivity contribution in [1.82, 2.24) is 10.2 Å². The van der Waals surface area contributed by atoms with Crippen LogP contribution >= 0.6 is 0 Å². The lowest BCUT2D eigenvalue weighted by Crippen LogP contribution is -2.43. The molecule has 0 bridgehead atoms. The van der Waals surface area contributed by atoms with E-state index in [0.717, 1.165) is 18.7 Å². The van der Waals surface area contributed by atoms with Crippen molar-refractivity contribution in [3.05, 3.63) is 35.9 Å². The van der Waals surface area contributed by atoms with Crippen LogP contribution in [-0.4, -0.2) is 48.9 Å². The van der Waals surface area contributed by atoms with Crippen molar-refractivity contribution in [2.24, 2.45) is 0 Å². The zero-order valence-corrected chi connectivity index (χ0v) is 10.2. The number of nitrogens with zero attached hydrogens (tertiary/aromatic N) is 1. The average Bonchev–Trinajstić information content (AvgIpc) is 2.41. The number of rotatable bonds is 4. The predicted octanol–water partition coefficient (Wildman–Crippen LogP) is 1.33. The summed E-state index contributed by atoms with van der Waals surface area (Å²) in [5.74, 6) is 0. The van der Waals surface area contributed by atoms with Gasteiger partial charge in [0, 0.05) is 19.6 Å². The maximum Gasteiger partial charge on any atom is 0.404 e. The molecule has 1 aliphatic heterocycles. The van der Waals surface area contributed by atoms with E-state index in [1.54, 1.807) is 0 Å². The van der Waals surface area contributed by atoms with Gasteiger partial charge in [0.05, 0.1) is 19.3 Å². The van der Waals surface area contributed by atoms with E-state index in [0.29, 0.717) is 19.8 Å². The van der Waals surface area contributed by atoms with Gasteiger partial charge in [-0.15, -0.1) is 0 Å². The van der Waals surface area contributed by atoms with E-state index in [-0.39, 0.29) is 6.04 Å². The highest BCUT2D eigenvalue weighted by molar-refractivity contribution is 5.64. The van der Waals surface area contributed by atoms with Crippen LogP contribution in [0.4, 0.5) is 4.79 Å². The van der Waals surface area contributed by atoms with Gasteiger partial charge in [0.1, 0.15) is 0 Å². The SMILES string of the molecule is O=C(O)NC[C@@H](c1ccccc1)N1CCOCC1. The Morgan fingerprint density at radius 1 is 1.33 bits per heavy atom. The molecule has 1 aliphatic rings. The van der Waals surface area contributed by atoms with Crippen LogP contribution in [-0.2, 0) is 4.74 Å². The molecule has 0 saturated carbocycles. The molecule has 2 N–H and O–H groups in total. The predicted molar refractivity (Wildman–Crippen MR) is 67.6 cm³/mol. The molecule has 2 rings (SSSR count). The Labute approximate surface area is 106 Å². The summed E-state index contributed by atoms with van der Waals surface area (Å²) in [6.45, 7) is 3.48. The Balaban J connectivity index is 2.08. The van der Waals surface area contributed by atoms with Crippen molar-refractivity contribution >= 4 is 6.09 Å². The second kappa shape index (κ2) is 6.37. The van der Waals surface area contributed by atoms with Crippen molar-refractivity contribution in [3.63, 3.8) is 0 Å². The van der Waals surface area contributed by atoms with E-state index >= 15 is 0 Å². The molecule has 0 aromatic heterocycles. The second-order valence-electron chi connectivity index (χ2n) is 4.26. The van der Waals surface area contributed by atoms with E-state index in [1.165, 1.54) is 0 Å². The quantitative estimate of drug-likeness (QED) is 0.846. The van der Waals surface area contributed by atoms with Crippen LogP contribution in [0.3, 0.4) is 0 Å². The van der Waals surface area contributed by atoms with Crippen LogP contribution in [0, 0.1) is 0 Å². The third kappa shape index (κ3) is 3.45. The fourth-order valence-electron chi connectivity index (χ4n) is 2.21. The van der Waals surface area contributed by atoms with Crippen LogP contribution in [0.1, 0.15) is 11.6 Å². The standard InChI is InChI=1S/C13H18N2O3/c16-13(17)14-10-12(11-4-2-1-3-5-11)15-6-8-18-9-7-15/h1-5,12,14H,6-10H2,(H,16,17)/t12-/m0/s1. The average molecular weight is 250 g/mol. The summed E-state index contributed by atoms with van der Waals surface area (Å²) >= 11 is 0. The third-order valence-corrected chi connectivity index (χ3v) is 3.12. The normalized spacial score (nSPS) is 18.2. The van der Waals surface area contributed by atoms with Crippen molar-refractivity contribution in [1.29, 1.82) is 0 Å². The van der Waals surface area contributed by atoms with Crippen LogP contribution in [0.5, 0.6) is 0 Å². The first-order valence-electron chi connectivity index (χ1n) is 6.11. The zero-order chi connectivity index (χ0) is 12.8. The minimum atomic E-state index is -0.982. The summed E-state index contributed by atoms with van der Waals surface area (Å²) in [5, 5.41) is 11.2. The number of morpholine rings is 1. The summed E-state index contributed by atoms with van der Waals surface area (Å²) in [7, 11) is 0. The van der Waals surface area contributed by atoms with Gasteiger partial charge in [0.2, 0.25) is 0 Å². The van der Waals surface area contributed by atoms with Gasteiger partial charge < -0.3 is 15.2 Å². The molecule has 0 spiro atoms. The maximum absolute atomic E-state index is 10.7. The van der Waals surface area contributed by atoms with Crippen LogP contribution in [0.2, 0.25) is 0 Å². The van der Waals surface area contributed by atoms with Crippen LogP contribution < -0.4 is 5.32 Å². The highest BCUT2D eigenvalue weighted by Crippen LogP contribution is 2.20. The van der Waals surface area contributed by atoms with E-state index in [4.69, 9.17) is 9.84 Å². The number of hydrogen-bond donors (Lipinski definition) is 2. The summed E-state index contributed by atoms with van der Waals surface area (Å²) in [6.07, 6.45) is -0.982. The number of carboxylic acid groups (broad SMARTS) is 1. The summed E-state index contributed by atoms with van der Waals surface area (Å²) < 4.78 is 5.33. The molecular weight excluding hydrogens is 232 g/mol. The molecule has 1 heterocycles. The number of carbonyl (C=O) groups is 1. The first-order valence-corrected chi connectivity index (χ1v) is 6.11. The summed E-state index contributed by atoms with van der Waals surface area (Å²) in [6, 6.07) is 10.1. The minimum absolute atomic E-state index is 0.0752. The Kier molecular flexibility index (Phi) is 4.55. The lowest BCUT2D eigenvalue weighted by molar-refractivity contribution is 0.0163. The lowest BCUT2D eigenvalue weighted by Gasteiger charge is -2.34. The number of amides is 1. The molecule has 0 radical (unpaired) electrons. The van der Waals surface area contributed by atoms with Gasteiger partial charge in [0.15, 0.2) is 0 Å². The first kappa shape index (κ1) is 12.9. The van der Waals surface area contributed by atoms with E-state index in [9.17, 15) is 4.79 Å². The zero-order valence-electron chi connectivity index (χ0n) is 10.2. The molecule has 1 aromatic rings. The molecule has 5 nitrogen and oxygen atoms in total. The van der Waals surface area contributed by atoms with E-state index < -0.39 is 6.09 Å². The summed E-state index contributed by atoms with van der Waals surface area (Å²) in [5.41, 5.74) is 1.13. The van der Waals surface area contributed by atoms with Gasteiger partial charge in [0.25, 0.3) is 0 Å². The van der Waals surface area contributed by atoms with Gasteiger partial charge in [-0.2, -0.15) is 0 Å². The Hall–Kier alpha value is -1.59. The Bertz CT molecular complexity index is 377. The number of benzene rings is 1. The minimum Gasteiger partial charge on any atom is -0.465 e. The third-order valence-electron chi connectivity index (χ3n) is 3.12. The number of nitrogens with one attached hydrogen (secondary N) is 1. The second-order valence-corrected chi connectivity index (χ2v) is 4.26. The summed E-state index contributed by atoms with van der Waals surface area (Å²) in [4.78, 5) is 12.9. The Morgan fingerprint density at radius 2 is 2.00 bits per heavy atom. The lowest BCUT2D eigenvalue weighted by atomic mass is 10.0. The smallest absolute Gasteiger partial charge is 0.404 e. The highest BCUT2D eigenvalue weighted by Gasteiger charge is 2.22. The van der Waals surface area contributed by atoms with Gasteiger partial charge in [-0.3, -0.25) is 4.90 Å². The van der Waals surface area contributed by atoms with Crippen molar-refractivity contribution in [3.8, 4) is 0 Å². The van der Waals surface area contributed by atoms with Crippen molar-refractivity contribution < 1.29 is 14.6 Å². The molecule has 5 heteroatoms. The fraction of sp³-hybridized carbons (Fsp3) is 0.462. The molecule has 1 saturated heterocycles. The molecule has 18 heavy (non-hydrogen) atoms. The molecular formula is C13H18N2O3. The molecule has 0 unspecified atom stereocenters. The van der Waals surface area contributed by atoms with E-state index in [2.05, 4.69) is 10.2 Å². The number of ether oxygens (including phenoxy) is 1. The topological polar surface area (TPSA) is 61.8 Å². The van der Waals surface area contributed by atoms with Gasteiger partial charge in [-0.25, -0.2) is 4.79 Å². The van der Waals surface area contributed by atoms with E-state index in [1.807, 2.05) is 30.3 Å². The van der Waals surface area contributed by atoms with Crippen molar-refractivity contribution in [2.75, 3.05) is 32.8 Å². The monoisotopic (exact) mass is 250 g/mol. The molecule has 1 aromatic carbocycles. The largest absolute Gasteiger partial charge is 0.465 e. The van der Waals surface area contributed by atoms with Crippen molar-refractivity contribution in [2.45, 2.75) is 6.04 Å². The first-order chi connectivity index (χ1) is 8.77. The molecule has 98 valence electrons. The molecule has 1 amide bonds. The number of hydrogen-bond acceptors (Lipinski definition) is 3. The Morgan fingerprint density at radius 3 is 2.61 bits per heavy atom. The fourth-order valence-corrected chi connectivity index (χ4v) is 2.21. The van der Waals surface area contributed by atoms with Crippen LogP contribution in [0.15, 0.2) is 30.3 Å². The van der Waals surface area contributed by atoms with Gasteiger partial charge in [-0.1, -0.05) is 30.3 Å². The molecule has 0 aliphatic carbocycles.